The van der Waals surface area contributed by atoms with Gasteiger partial charge >= 0.3 is 0 Å². The molecule has 0 aliphatic rings. The van der Waals surface area contributed by atoms with Gasteiger partial charge in [0.05, 0.1) is 18.9 Å². The van der Waals surface area contributed by atoms with Crippen LogP contribution in [0.5, 0.6) is 5.75 Å². The fraction of sp³-hybridized carbons (Fsp3) is 0.333. The Hall–Kier alpha value is -1.53. The second-order valence-electron chi connectivity index (χ2n) is 4.13. The van der Waals surface area contributed by atoms with Crippen molar-refractivity contribution in [2.24, 2.45) is 5.73 Å². The second-order valence-corrected chi connectivity index (χ2v) is 5.99. The van der Waals surface area contributed by atoms with Crippen molar-refractivity contribution in [3.8, 4) is 5.75 Å². The van der Waals surface area contributed by atoms with Crippen LogP contribution in [-0.4, -0.2) is 32.3 Å². The number of nitrogens with two attached hydrogens (primary N) is 1. The van der Waals surface area contributed by atoms with Crippen molar-refractivity contribution in [1.82, 2.24) is 3.97 Å². The van der Waals surface area contributed by atoms with Crippen LogP contribution >= 0.6 is 0 Å². The van der Waals surface area contributed by atoms with Crippen LogP contribution < -0.4 is 10.5 Å². The minimum Gasteiger partial charge on any atom is -0.497 e. The zero-order chi connectivity index (χ0) is 13.3. The summed E-state index contributed by atoms with van der Waals surface area (Å²) >= 11 is 0. The van der Waals surface area contributed by atoms with E-state index in [4.69, 9.17) is 10.5 Å². The van der Waals surface area contributed by atoms with E-state index in [0.717, 1.165) is 10.9 Å². The Morgan fingerprint density at radius 3 is 2.67 bits per heavy atom. The number of methoxy groups -OCH3 is 1. The van der Waals surface area contributed by atoms with Crippen molar-refractivity contribution < 1.29 is 13.2 Å². The van der Waals surface area contributed by atoms with Crippen molar-refractivity contribution in [3.63, 3.8) is 0 Å². The molecule has 0 saturated heterocycles. The van der Waals surface area contributed by atoms with E-state index in [1.165, 1.54) is 10.2 Å². The summed E-state index contributed by atoms with van der Waals surface area (Å²) in [5.74, 6) is 0.701. The van der Waals surface area contributed by atoms with E-state index in [0.29, 0.717) is 24.2 Å². The van der Waals surface area contributed by atoms with Gasteiger partial charge in [-0.25, -0.2) is 12.4 Å². The van der Waals surface area contributed by atoms with Crippen molar-refractivity contribution in [2.75, 3.05) is 19.9 Å². The zero-order valence-corrected chi connectivity index (χ0v) is 11.2. The lowest BCUT2D eigenvalue weighted by atomic mass is 10.1. The summed E-state index contributed by atoms with van der Waals surface area (Å²) in [6.45, 7) is 0.472. The molecule has 0 amide bonds. The van der Waals surface area contributed by atoms with Gasteiger partial charge in [-0.15, -0.1) is 0 Å². The highest BCUT2D eigenvalue weighted by Crippen LogP contribution is 2.27. The summed E-state index contributed by atoms with van der Waals surface area (Å²) in [6.07, 6.45) is 3.45. The molecule has 0 fully saturated rings. The van der Waals surface area contributed by atoms with Crippen molar-refractivity contribution >= 4 is 20.9 Å². The van der Waals surface area contributed by atoms with Crippen LogP contribution in [0.4, 0.5) is 0 Å². The maximum Gasteiger partial charge on any atom is 0.236 e. The van der Waals surface area contributed by atoms with E-state index in [9.17, 15) is 8.42 Å². The average Bonchev–Trinajstić information content (AvgIpc) is 2.68. The smallest absolute Gasteiger partial charge is 0.236 e. The van der Waals surface area contributed by atoms with E-state index < -0.39 is 10.0 Å². The first-order valence-corrected chi connectivity index (χ1v) is 7.41. The Labute approximate surface area is 106 Å². The summed E-state index contributed by atoms with van der Waals surface area (Å²) in [6, 6.07) is 5.33. The quantitative estimate of drug-likeness (QED) is 0.896. The number of nitrogens with zero attached hydrogens (tertiary/aromatic N) is 1. The predicted octanol–water partition coefficient (Wildman–Crippen LogP) is 0.959. The molecule has 0 saturated carbocycles. The standard InChI is InChI=1S/C12H16N2O3S/c1-17-10-3-4-12-11(7-10)9(5-6-13)8-14(12)18(2,15)16/h3-4,7-8H,5-6,13H2,1-2H3. The van der Waals surface area contributed by atoms with Crippen molar-refractivity contribution in [1.29, 1.82) is 0 Å². The van der Waals surface area contributed by atoms with Gasteiger partial charge in [0.15, 0.2) is 0 Å². The summed E-state index contributed by atoms with van der Waals surface area (Å²) in [5, 5.41) is 0.866. The molecule has 0 unspecified atom stereocenters. The number of rotatable bonds is 4. The Morgan fingerprint density at radius 2 is 2.11 bits per heavy atom. The lowest BCUT2D eigenvalue weighted by Gasteiger charge is -2.03. The van der Waals surface area contributed by atoms with E-state index in [2.05, 4.69) is 0 Å². The molecular weight excluding hydrogens is 252 g/mol. The van der Waals surface area contributed by atoms with Gasteiger partial charge in [0.25, 0.3) is 0 Å². The normalized spacial score (nSPS) is 11.9. The molecule has 18 heavy (non-hydrogen) atoms. The summed E-state index contributed by atoms with van der Waals surface area (Å²) in [5.41, 5.74) is 7.12. The van der Waals surface area contributed by atoms with Crippen LogP contribution in [0.2, 0.25) is 0 Å². The molecule has 6 heteroatoms. The van der Waals surface area contributed by atoms with Gasteiger partial charge in [0.1, 0.15) is 5.75 Å². The van der Waals surface area contributed by atoms with Crippen LogP contribution in [0.25, 0.3) is 10.9 Å². The van der Waals surface area contributed by atoms with E-state index in [-0.39, 0.29) is 0 Å². The van der Waals surface area contributed by atoms with Crippen LogP contribution in [0.3, 0.4) is 0 Å². The third kappa shape index (κ3) is 2.21. The maximum atomic E-state index is 11.7. The Balaban J connectivity index is 2.76. The molecule has 0 aliphatic heterocycles. The highest BCUT2D eigenvalue weighted by atomic mass is 32.2. The van der Waals surface area contributed by atoms with Crippen molar-refractivity contribution in [3.05, 3.63) is 30.0 Å². The molecule has 2 aromatic rings. The molecule has 5 nitrogen and oxygen atoms in total. The van der Waals surface area contributed by atoms with Crippen LogP contribution in [0, 0.1) is 0 Å². The number of ether oxygens (including phenoxy) is 1. The molecule has 1 heterocycles. The second kappa shape index (κ2) is 4.62. The molecule has 0 radical (unpaired) electrons. The summed E-state index contributed by atoms with van der Waals surface area (Å²) in [7, 11) is -1.73. The Kier molecular flexibility index (Phi) is 3.32. The zero-order valence-electron chi connectivity index (χ0n) is 10.4. The van der Waals surface area contributed by atoms with Gasteiger partial charge in [-0.1, -0.05) is 0 Å². The highest BCUT2D eigenvalue weighted by Gasteiger charge is 2.14. The molecule has 2 rings (SSSR count). The minimum atomic E-state index is -3.31. The third-order valence-corrected chi connectivity index (χ3v) is 3.85. The fourth-order valence-electron chi connectivity index (χ4n) is 2.00. The lowest BCUT2D eigenvalue weighted by molar-refractivity contribution is 0.415. The SMILES string of the molecule is COc1ccc2c(c1)c(CCN)cn2S(C)(=O)=O. The highest BCUT2D eigenvalue weighted by molar-refractivity contribution is 7.89. The van der Waals surface area contributed by atoms with Gasteiger partial charge in [-0.05, 0) is 36.7 Å². The summed E-state index contributed by atoms with van der Waals surface area (Å²) < 4.78 is 29.9. The van der Waals surface area contributed by atoms with Crippen LogP contribution in [-0.2, 0) is 16.4 Å². The topological polar surface area (TPSA) is 74.3 Å². The molecule has 2 N–H and O–H groups in total. The Bertz CT molecular complexity index is 674. The van der Waals surface area contributed by atoms with Gasteiger partial charge in [0, 0.05) is 11.6 Å². The van der Waals surface area contributed by atoms with E-state index in [1.807, 2.05) is 6.07 Å². The minimum absolute atomic E-state index is 0.472. The molecule has 0 aliphatic carbocycles. The first-order valence-electron chi connectivity index (χ1n) is 5.56. The molecular formula is C12H16N2O3S. The molecule has 98 valence electrons. The van der Waals surface area contributed by atoms with Crippen LogP contribution in [0.15, 0.2) is 24.4 Å². The first-order chi connectivity index (χ1) is 8.47. The first kappa shape index (κ1) is 12.9. The number of aromatic nitrogens is 1. The third-order valence-electron chi connectivity index (χ3n) is 2.83. The van der Waals surface area contributed by atoms with E-state index in [1.54, 1.807) is 25.4 Å². The molecule has 1 aromatic carbocycles. The molecule has 1 aromatic heterocycles. The van der Waals surface area contributed by atoms with Crippen molar-refractivity contribution in [2.45, 2.75) is 6.42 Å². The maximum absolute atomic E-state index is 11.7. The van der Waals surface area contributed by atoms with Crippen LogP contribution in [0.1, 0.15) is 5.56 Å². The molecule has 0 bridgehead atoms. The summed E-state index contributed by atoms with van der Waals surface area (Å²) in [4.78, 5) is 0. The average molecular weight is 268 g/mol. The van der Waals surface area contributed by atoms with Gasteiger partial charge < -0.3 is 10.5 Å². The Morgan fingerprint density at radius 1 is 1.39 bits per heavy atom. The van der Waals surface area contributed by atoms with Gasteiger partial charge in [-0.2, -0.15) is 0 Å². The number of benzene rings is 1. The fourth-order valence-corrected chi connectivity index (χ4v) is 2.84. The molecule has 0 spiro atoms. The largest absolute Gasteiger partial charge is 0.497 e. The van der Waals surface area contributed by atoms with Gasteiger partial charge in [-0.3, -0.25) is 0 Å². The van der Waals surface area contributed by atoms with E-state index >= 15 is 0 Å². The lowest BCUT2D eigenvalue weighted by Crippen LogP contribution is -2.08. The number of fused-ring (bicyclic) bond motifs is 1. The number of hydrogen-bond donors (Lipinski definition) is 1. The number of hydrogen-bond acceptors (Lipinski definition) is 4. The van der Waals surface area contributed by atoms with Gasteiger partial charge in [0.2, 0.25) is 10.0 Å². The predicted molar refractivity (Wildman–Crippen MR) is 71.5 cm³/mol. The monoisotopic (exact) mass is 268 g/mol. The molecule has 0 atom stereocenters.